The molecule has 2 fully saturated rings. The zero-order valence-electron chi connectivity index (χ0n) is 20.3. The zero-order chi connectivity index (χ0) is 25.4. The van der Waals surface area contributed by atoms with Crippen molar-refractivity contribution in [2.24, 2.45) is 0 Å². The van der Waals surface area contributed by atoms with Crippen LogP contribution >= 0.6 is 0 Å². The molecule has 1 unspecified atom stereocenters. The number of hydrogen-bond acceptors (Lipinski definition) is 7. The SMILES string of the molecule is CO[C@H]1O[C@@H]2COC(c3ccccc3)O[C@H]2[C@H](OCc2ccccc2)[C@H]1N1C(=O)c2ccccc2C1=O. The minimum absolute atomic E-state index is 0.240. The van der Waals surface area contributed by atoms with Crippen LogP contribution in [-0.4, -0.2) is 61.1 Å². The number of carbonyl (C=O) groups is 2. The molecule has 3 aliphatic rings. The Labute approximate surface area is 214 Å². The first-order chi connectivity index (χ1) is 18.2. The van der Waals surface area contributed by atoms with Crippen molar-refractivity contribution >= 4 is 11.8 Å². The molecule has 8 heteroatoms. The largest absolute Gasteiger partial charge is 0.368 e. The highest BCUT2D eigenvalue weighted by atomic mass is 16.7. The molecule has 3 aromatic rings. The van der Waals surface area contributed by atoms with E-state index >= 15 is 0 Å². The van der Waals surface area contributed by atoms with Crippen molar-refractivity contribution < 1.29 is 33.3 Å². The molecule has 3 heterocycles. The molecular formula is C29H27NO7. The summed E-state index contributed by atoms with van der Waals surface area (Å²) in [6.45, 7) is 0.495. The minimum Gasteiger partial charge on any atom is -0.368 e. The van der Waals surface area contributed by atoms with Gasteiger partial charge in [-0.15, -0.1) is 0 Å². The Kier molecular flexibility index (Phi) is 6.58. The van der Waals surface area contributed by atoms with E-state index in [0.717, 1.165) is 11.1 Å². The molecule has 6 rings (SSSR count). The summed E-state index contributed by atoms with van der Waals surface area (Å²) in [5, 5.41) is 0. The number of carbonyl (C=O) groups excluding carboxylic acids is 2. The molecule has 0 bridgehead atoms. The second-order valence-electron chi connectivity index (χ2n) is 9.23. The zero-order valence-corrected chi connectivity index (χ0v) is 20.3. The fraction of sp³-hybridized carbons (Fsp3) is 0.310. The molecule has 8 nitrogen and oxygen atoms in total. The average molecular weight is 502 g/mol. The monoisotopic (exact) mass is 501 g/mol. The van der Waals surface area contributed by atoms with E-state index in [2.05, 4.69) is 0 Å². The number of rotatable bonds is 6. The lowest BCUT2D eigenvalue weighted by atomic mass is 9.94. The van der Waals surface area contributed by atoms with Gasteiger partial charge in [-0.25, -0.2) is 0 Å². The van der Waals surface area contributed by atoms with Gasteiger partial charge in [0, 0.05) is 12.7 Å². The van der Waals surface area contributed by atoms with E-state index in [1.165, 1.54) is 12.0 Å². The Balaban J connectivity index is 1.37. The van der Waals surface area contributed by atoms with Crippen molar-refractivity contribution in [1.29, 1.82) is 0 Å². The van der Waals surface area contributed by atoms with Crippen LogP contribution in [0.1, 0.15) is 38.1 Å². The Morgan fingerprint density at radius 2 is 1.46 bits per heavy atom. The highest BCUT2D eigenvalue weighted by molar-refractivity contribution is 6.21. The predicted octanol–water partition coefficient (Wildman–Crippen LogP) is 3.72. The Bertz CT molecular complexity index is 1230. The summed E-state index contributed by atoms with van der Waals surface area (Å²) in [7, 11) is 1.49. The summed E-state index contributed by atoms with van der Waals surface area (Å²) in [6, 6.07) is 25.2. The number of amides is 2. The molecule has 3 aromatic carbocycles. The van der Waals surface area contributed by atoms with Gasteiger partial charge in [-0.1, -0.05) is 72.8 Å². The summed E-state index contributed by atoms with van der Waals surface area (Å²) in [4.78, 5) is 28.2. The molecule has 0 saturated carbocycles. The van der Waals surface area contributed by atoms with Gasteiger partial charge in [-0.05, 0) is 17.7 Å². The van der Waals surface area contributed by atoms with Crippen LogP contribution in [0.15, 0.2) is 84.9 Å². The first kappa shape index (κ1) is 24.0. The van der Waals surface area contributed by atoms with Crippen LogP contribution in [0.3, 0.4) is 0 Å². The number of hydrogen-bond donors (Lipinski definition) is 0. The van der Waals surface area contributed by atoms with E-state index in [9.17, 15) is 9.59 Å². The number of benzene rings is 3. The van der Waals surface area contributed by atoms with Gasteiger partial charge in [0.2, 0.25) is 0 Å². The minimum atomic E-state index is -0.926. The van der Waals surface area contributed by atoms with Crippen LogP contribution in [-0.2, 0) is 30.3 Å². The Hall–Kier alpha value is -3.40. The van der Waals surface area contributed by atoms with E-state index in [1.54, 1.807) is 24.3 Å². The maximum atomic E-state index is 13.5. The van der Waals surface area contributed by atoms with Gasteiger partial charge in [0.05, 0.1) is 24.3 Å². The van der Waals surface area contributed by atoms with Gasteiger partial charge >= 0.3 is 0 Å². The van der Waals surface area contributed by atoms with Crippen molar-refractivity contribution in [1.82, 2.24) is 4.90 Å². The van der Waals surface area contributed by atoms with E-state index in [4.69, 9.17) is 23.7 Å². The predicted molar refractivity (Wildman–Crippen MR) is 131 cm³/mol. The van der Waals surface area contributed by atoms with Crippen molar-refractivity contribution in [3.8, 4) is 0 Å². The summed E-state index contributed by atoms with van der Waals surface area (Å²) < 4.78 is 30.8. The van der Waals surface area contributed by atoms with Crippen LogP contribution in [0, 0.1) is 0 Å². The second kappa shape index (κ2) is 10.2. The van der Waals surface area contributed by atoms with Gasteiger partial charge in [-0.2, -0.15) is 0 Å². The summed E-state index contributed by atoms with van der Waals surface area (Å²) in [5.41, 5.74) is 2.50. The molecule has 190 valence electrons. The number of fused-ring (bicyclic) bond motifs is 2. The molecule has 2 saturated heterocycles. The van der Waals surface area contributed by atoms with E-state index in [0.29, 0.717) is 11.1 Å². The van der Waals surface area contributed by atoms with Crippen LogP contribution in [0.4, 0.5) is 0 Å². The van der Waals surface area contributed by atoms with E-state index < -0.39 is 48.7 Å². The molecule has 37 heavy (non-hydrogen) atoms. The third kappa shape index (κ3) is 4.37. The van der Waals surface area contributed by atoms with Crippen molar-refractivity contribution in [2.45, 2.75) is 43.5 Å². The van der Waals surface area contributed by atoms with Gasteiger partial charge < -0.3 is 23.7 Å². The van der Waals surface area contributed by atoms with Crippen molar-refractivity contribution in [3.63, 3.8) is 0 Å². The van der Waals surface area contributed by atoms with Gasteiger partial charge in [0.15, 0.2) is 12.6 Å². The van der Waals surface area contributed by atoms with Crippen LogP contribution in [0.2, 0.25) is 0 Å². The molecule has 3 aliphatic heterocycles. The van der Waals surface area contributed by atoms with Gasteiger partial charge in [0.1, 0.15) is 24.4 Å². The third-order valence-electron chi connectivity index (χ3n) is 7.02. The molecule has 0 aliphatic carbocycles. The molecule has 2 amide bonds. The quantitative estimate of drug-likeness (QED) is 0.476. The van der Waals surface area contributed by atoms with E-state index in [-0.39, 0.29) is 13.2 Å². The highest BCUT2D eigenvalue weighted by Crippen LogP contribution is 2.39. The number of methoxy groups -OCH3 is 1. The average Bonchev–Trinajstić information content (AvgIpc) is 3.21. The molecule has 0 aromatic heterocycles. The van der Waals surface area contributed by atoms with Crippen LogP contribution < -0.4 is 0 Å². The first-order valence-electron chi connectivity index (χ1n) is 12.3. The topological polar surface area (TPSA) is 83.5 Å². The summed E-state index contributed by atoms with van der Waals surface area (Å²) in [6.07, 6.45) is -3.44. The molecule has 0 N–H and O–H groups in total. The number of imide groups is 1. The van der Waals surface area contributed by atoms with Crippen molar-refractivity contribution in [3.05, 3.63) is 107 Å². The van der Waals surface area contributed by atoms with Crippen LogP contribution in [0.25, 0.3) is 0 Å². The smallest absolute Gasteiger partial charge is 0.262 e. The molecule has 6 atom stereocenters. The third-order valence-corrected chi connectivity index (χ3v) is 7.02. The van der Waals surface area contributed by atoms with Crippen LogP contribution in [0.5, 0.6) is 0 Å². The first-order valence-corrected chi connectivity index (χ1v) is 12.3. The van der Waals surface area contributed by atoms with E-state index in [1.807, 2.05) is 60.7 Å². The Morgan fingerprint density at radius 1 is 0.838 bits per heavy atom. The summed E-state index contributed by atoms with van der Waals surface area (Å²) >= 11 is 0. The fourth-order valence-electron chi connectivity index (χ4n) is 5.24. The number of nitrogens with zero attached hydrogens (tertiary/aromatic N) is 1. The number of ether oxygens (including phenoxy) is 5. The van der Waals surface area contributed by atoms with Gasteiger partial charge in [0.25, 0.3) is 11.8 Å². The second-order valence-corrected chi connectivity index (χ2v) is 9.23. The fourth-order valence-corrected chi connectivity index (χ4v) is 5.24. The lowest BCUT2D eigenvalue weighted by Gasteiger charge is -2.50. The lowest BCUT2D eigenvalue weighted by Crippen LogP contribution is -2.68. The van der Waals surface area contributed by atoms with Crippen molar-refractivity contribution in [2.75, 3.05) is 13.7 Å². The lowest BCUT2D eigenvalue weighted by molar-refractivity contribution is -0.351. The molecule has 0 radical (unpaired) electrons. The Morgan fingerprint density at radius 3 is 2.11 bits per heavy atom. The normalized spacial score (nSPS) is 29.2. The van der Waals surface area contributed by atoms with Gasteiger partial charge in [-0.3, -0.25) is 14.5 Å². The standard InChI is InChI=1S/C29H27NO7/c1-33-29-23(30-26(31)20-14-8-9-15-21(20)27(30)32)25(34-16-18-10-4-2-5-11-18)24-22(36-29)17-35-28(37-24)19-12-6-3-7-13-19/h2-15,22-25,28-29H,16-17H2,1H3/t22-,23-,24-,25-,28?,29+/m1/s1. The summed E-state index contributed by atoms with van der Waals surface area (Å²) in [5.74, 6) is -0.815. The maximum Gasteiger partial charge on any atom is 0.262 e. The highest BCUT2D eigenvalue weighted by Gasteiger charge is 2.56. The molecular weight excluding hydrogens is 474 g/mol. The maximum absolute atomic E-state index is 13.5. The molecule has 0 spiro atoms.